The maximum absolute atomic E-state index is 13.1. The number of urea groups is 1. The number of nitrogens with zero attached hydrogens (tertiary/aromatic N) is 1. The Balaban J connectivity index is 2.15. The summed E-state index contributed by atoms with van der Waals surface area (Å²) in [5.74, 6) is -1.78. The van der Waals surface area contributed by atoms with E-state index in [-0.39, 0.29) is 17.3 Å². The SMILES string of the molecule is O=C(O)c1ccc(F)cc1NC(=O)N1CCCCC1. The van der Waals surface area contributed by atoms with Gasteiger partial charge in [0.25, 0.3) is 0 Å². The van der Waals surface area contributed by atoms with Crippen molar-refractivity contribution in [1.82, 2.24) is 4.90 Å². The summed E-state index contributed by atoms with van der Waals surface area (Å²) in [6, 6.07) is 2.84. The highest BCUT2D eigenvalue weighted by Crippen LogP contribution is 2.19. The predicted octanol–water partition coefficient (Wildman–Crippen LogP) is 2.54. The van der Waals surface area contributed by atoms with Gasteiger partial charge in [0, 0.05) is 13.1 Å². The second-order valence-corrected chi connectivity index (χ2v) is 4.47. The molecule has 1 aromatic carbocycles. The molecule has 1 heterocycles. The molecular formula is C13H15FN2O3. The van der Waals surface area contributed by atoms with Gasteiger partial charge >= 0.3 is 12.0 Å². The first kappa shape index (κ1) is 13.3. The quantitative estimate of drug-likeness (QED) is 0.864. The molecule has 0 bridgehead atoms. The van der Waals surface area contributed by atoms with Gasteiger partial charge < -0.3 is 15.3 Å². The van der Waals surface area contributed by atoms with Gasteiger partial charge in [-0.2, -0.15) is 0 Å². The summed E-state index contributed by atoms with van der Waals surface area (Å²) < 4.78 is 13.1. The fraction of sp³-hybridized carbons (Fsp3) is 0.385. The van der Waals surface area contributed by atoms with Crippen LogP contribution in [0.3, 0.4) is 0 Å². The molecule has 1 aliphatic heterocycles. The predicted molar refractivity (Wildman–Crippen MR) is 67.8 cm³/mol. The Morgan fingerprint density at radius 2 is 1.89 bits per heavy atom. The Kier molecular flexibility index (Phi) is 3.99. The van der Waals surface area contributed by atoms with Crippen molar-refractivity contribution in [1.29, 1.82) is 0 Å². The number of nitrogens with one attached hydrogen (secondary N) is 1. The van der Waals surface area contributed by atoms with Crippen LogP contribution >= 0.6 is 0 Å². The molecule has 0 atom stereocenters. The fourth-order valence-corrected chi connectivity index (χ4v) is 2.10. The first-order valence-electron chi connectivity index (χ1n) is 6.16. The number of carbonyl (C=O) groups is 2. The van der Waals surface area contributed by atoms with Crippen LogP contribution in [0.5, 0.6) is 0 Å². The summed E-state index contributed by atoms with van der Waals surface area (Å²) in [6.45, 7) is 1.28. The van der Waals surface area contributed by atoms with Gasteiger partial charge in [-0.1, -0.05) is 0 Å². The number of aromatic carboxylic acids is 1. The molecule has 2 rings (SSSR count). The molecule has 0 aliphatic carbocycles. The summed E-state index contributed by atoms with van der Waals surface area (Å²) in [7, 11) is 0. The molecule has 0 unspecified atom stereocenters. The van der Waals surface area contributed by atoms with Crippen LogP contribution < -0.4 is 5.32 Å². The highest BCUT2D eigenvalue weighted by Gasteiger charge is 2.19. The number of carboxylic acid groups (broad SMARTS) is 1. The van der Waals surface area contributed by atoms with Gasteiger partial charge in [0.15, 0.2) is 0 Å². The Morgan fingerprint density at radius 1 is 1.21 bits per heavy atom. The number of benzene rings is 1. The largest absolute Gasteiger partial charge is 0.478 e. The Hall–Kier alpha value is -2.11. The lowest BCUT2D eigenvalue weighted by atomic mass is 10.1. The number of amides is 2. The van der Waals surface area contributed by atoms with Crippen molar-refractivity contribution in [2.24, 2.45) is 0 Å². The number of carbonyl (C=O) groups excluding carboxylic acids is 1. The minimum absolute atomic E-state index is 0.0110. The molecule has 1 fully saturated rings. The van der Waals surface area contributed by atoms with Crippen LogP contribution in [0.2, 0.25) is 0 Å². The first-order chi connectivity index (χ1) is 9.08. The molecule has 102 valence electrons. The number of piperidine rings is 1. The molecule has 1 saturated heterocycles. The minimum atomic E-state index is -1.20. The molecule has 0 saturated carbocycles. The lowest BCUT2D eigenvalue weighted by molar-refractivity contribution is 0.0698. The number of rotatable bonds is 2. The molecule has 1 aromatic rings. The number of anilines is 1. The van der Waals surface area contributed by atoms with E-state index in [4.69, 9.17) is 5.11 Å². The summed E-state index contributed by atoms with van der Waals surface area (Å²) in [5, 5.41) is 11.5. The molecule has 2 amide bonds. The van der Waals surface area contributed by atoms with E-state index in [1.165, 1.54) is 0 Å². The minimum Gasteiger partial charge on any atom is -0.478 e. The van der Waals surface area contributed by atoms with Gasteiger partial charge in [0.1, 0.15) is 5.82 Å². The third-order valence-electron chi connectivity index (χ3n) is 3.10. The van der Waals surface area contributed by atoms with Gasteiger partial charge in [-0.15, -0.1) is 0 Å². The van der Waals surface area contributed by atoms with Crippen LogP contribution in [0.15, 0.2) is 18.2 Å². The lowest BCUT2D eigenvalue weighted by Crippen LogP contribution is -2.39. The van der Waals surface area contributed by atoms with E-state index in [2.05, 4.69) is 5.32 Å². The van der Waals surface area contributed by atoms with Crippen molar-refractivity contribution < 1.29 is 19.1 Å². The molecule has 0 radical (unpaired) electrons. The lowest BCUT2D eigenvalue weighted by Gasteiger charge is -2.27. The van der Waals surface area contributed by atoms with Crippen LogP contribution in [0.4, 0.5) is 14.9 Å². The number of halogens is 1. The molecule has 1 aliphatic rings. The van der Waals surface area contributed by atoms with E-state index in [1.807, 2.05) is 0 Å². The Labute approximate surface area is 110 Å². The zero-order valence-corrected chi connectivity index (χ0v) is 10.4. The molecule has 0 aromatic heterocycles. The molecular weight excluding hydrogens is 251 g/mol. The van der Waals surface area contributed by atoms with Crippen LogP contribution in [0.25, 0.3) is 0 Å². The number of likely N-dealkylation sites (tertiary alicyclic amines) is 1. The van der Waals surface area contributed by atoms with E-state index in [0.717, 1.165) is 37.5 Å². The molecule has 0 spiro atoms. The van der Waals surface area contributed by atoms with E-state index >= 15 is 0 Å². The van der Waals surface area contributed by atoms with Crippen LogP contribution in [-0.4, -0.2) is 35.1 Å². The fourth-order valence-electron chi connectivity index (χ4n) is 2.10. The van der Waals surface area contributed by atoms with Crippen LogP contribution in [-0.2, 0) is 0 Å². The molecule has 2 N–H and O–H groups in total. The zero-order valence-electron chi connectivity index (χ0n) is 10.4. The van der Waals surface area contributed by atoms with Crippen molar-refractivity contribution in [3.05, 3.63) is 29.6 Å². The topological polar surface area (TPSA) is 69.6 Å². The highest BCUT2D eigenvalue weighted by molar-refractivity contribution is 6.00. The van der Waals surface area contributed by atoms with Crippen LogP contribution in [0, 0.1) is 5.82 Å². The van der Waals surface area contributed by atoms with Gasteiger partial charge in [-0.3, -0.25) is 0 Å². The van der Waals surface area contributed by atoms with Crippen molar-refractivity contribution in [2.75, 3.05) is 18.4 Å². The second-order valence-electron chi connectivity index (χ2n) is 4.47. The normalized spacial score (nSPS) is 15.1. The Bertz CT molecular complexity index is 499. The molecule has 19 heavy (non-hydrogen) atoms. The van der Waals surface area contributed by atoms with Crippen molar-refractivity contribution in [2.45, 2.75) is 19.3 Å². The Morgan fingerprint density at radius 3 is 2.53 bits per heavy atom. The van der Waals surface area contributed by atoms with E-state index in [9.17, 15) is 14.0 Å². The van der Waals surface area contributed by atoms with Crippen LogP contribution in [0.1, 0.15) is 29.6 Å². The monoisotopic (exact) mass is 266 g/mol. The maximum atomic E-state index is 13.1. The molecule has 5 nitrogen and oxygen atoms in total. The zero-order chi connectivity index (χ0) is 13.8. The van der Waals surface area contributed by atoms with E-state index < -0.39 is 11.8 Å². The number of hydrogen-bond donors (Lipinski definition) is 2. The summed E-state index contributed by atoms with van der Waals surface area (Å²) in [4.78, 5) is 24.6. The smallest absolute Gasteiger partial charge is 0.337 e. The average molecular weight is 266 g/mol. The van der Waals surface area contributed by atoms with Gasteiger partial charge in [0.05, 0.1) is 11.3 Å². The third-order valence-corrected chi connectivity index (χ3v) is 3.10. The molecule has 6 heteroatoms. The highest BCUT2D eigenvalue weighted by atomic mass is 19.1. The van der Waals surface area contributed by atoms with E-state index in [1.54, 1.807) is 4.90 Å². The third kappa shape index (κ3) is 3.21. The number of carboxylic acids is 1. The second kappa shape index (κ2) is 5.69. The number of hydrogen-bond acceptors (Lipinski definition) is 2. The van der Waals surface area contributed by atoms with Gasteiger partial charge in [-0.25, -0.2) is 14.0 Å². The summed E-state index contributed by atoms with van der Waals surface area (Å²) >= 11 is 0. The first-order valence-corrected chi connectivity index (χ1v) is 6.16. The summed E-state index contributed by atoms with van der Waals surface area (Å²) in [5.41, 5.74) is -0.130. The summed E-state index contributed by atoms with van der Waals surface area (Å²) in [6.07, 6.45) is 2.95. The maximum Gasteiger partial charge on any atom is 0.337 e. The van der Waals surface area contributed by atoms with Crippen molar-refractivity contribution in [3.63, 3.8) is 0 Å². The van der Waals surface area contributed by atoms with Gasteiger partial charge in [-0.05, 0) is 37.5 Å². The standard InChI is InChI=1S/C13H15FN2O3/c14-9-4-5-10(12(17)18)11(8-9)15-13(19)16-6-2-1-3-7-16/h4-5,8H,1-3,6-7H2,(H,15,19)(H,17,18). The average Bonchev–Trinajstić information content (AvgIpc) is 2.39. The van der Waals surface area contributed by atoms with Crippen molar-refractivity contribution >= 4 is 17.7 Å². The van der Waals surface area contributed by atoms with Crippen molar-refractivity contribution in [3.8, 4) is 0 Å². The van der Waals surface area contributed by atoms with E-state index in [0.29, 0.717) is 13.1 Å². The van der Waals surface area contributed by atoms with Gasteiger partial charge in [0.2, 0.25) is 0 Å².